The van der Waals surface area contributed by atoms with Gasteiger partial charge < -0.3 is 10.6 Å². The van der Waals surface area contributed by atoms with Crippen molar-refractivity contribution in [3.05, 3.63) is 97.1 Å². The lowest BCUT2D eigenvalue weighted by Gasteiger charge is -2.10. The maximum Gasteiger partial charge on any atom is 0.183 e. The molecule has 0 aliphatic heterocycles. The molecule has 6 aromatic rings. The first-order chi connectivity index (χ1) is 17.2. The van der Waals surface area contributed by atoms with Gasteiger partial charge in [-0.05, 0) is 60.7 Å². The van der Waals surface area contributed by atoms with Gasteiger partial charge in [-0.25, -0.2) is 4.98 Å². The number of nitrogens with zero attached hydrogens (tertiary/aromatic N) is 7. The molecule has 4 aromatic heterocycles. The van der Waals surface area contributed by atoms with E-state index in [2.05, 4.69) is 41.9 Å². The minimum Gasteiger partial charge on any atom is -0.355 e. The Morgan fingerprint density at radius 3 is 2.46 bits per heavy atom. The third kappa shape index (κ3) is 4.07. The van der Waals surface area contributed by atoms with Crippen molar-refractivity contribution in [2.24, 2.45) is 0 Å². The summed E-state index contributed by atoms with van der Waals surface area (Å²) in [4.78, 5) is 13.0. The summed E-state index contributed by atoms with van der Waals surface area (Å²) in [5.41, 5.74) is 6.43. The first kappa shape index (κ1) is 20.3. The second-order valence-electron chi connectivity index (χ2n) is 7.79. The van der Waals surface area contributed by atoms with E-state index in [-0.39, 0.29) is 0 Å². The van der Waals surface area contributed by atoms with Crippen LogP contribution in [0.4, 0.5) is 22.7 Å². The molecule has 9 nitrogen and oxygen atoms in total. The lowest BCUT2D eigenvalue weighted by atomic mass is 10.1. The zero-order chi connectivity index (χ0) is 23.6. The zero-order valence-corrected chi connectivity index (χ0v) is 18.3. The molecule has 4 heterocycles. The molecule has 2 N–H and O–H groups in total. The van der Waals surface area contributed by atoms with E-state index in [0.29, 0.717) is 17.0 Å². The van der Waals surface area contributed by atoms with E-state index in [0.717, 1.165) is 39.2 Å². The standard InChI is InChI=1S/C26H17N9/c27-15-17-1-6-23-22(13-17)24(9-12-29-23)32-19-4-2-18(3-5-19)26-33-25-14-21(16-30-35(25)34-26)31-20-7-10-28-11-8-20/h1-14,16H,(H,28,31)(H,29,32). The molecule has 0 bridgehead atoms. The molecule has 0 radical (unpaired) electrons. The molecule has 0 fully saturated rings. The number of hydrogen-bond donors (Lipinski definition) is 2. The normalized spacial score (nSPS) is 10.8. The van der Waals surface area contributed by atoms with E-state index < -0.39 is 0 Å². The van der Waals surface area contributed by atoms with E-state index in [9.17, 15) is 5.26 Å². The quantitative estimate of drug-likeness (QED) is 0.369. The molecule has 2 aromatic carbocycles. The molecular formula is C26H17N9. The Morgan fingerprint density at radius 2 is 1.63 bits per heavy atom. The van der Waals surface area contributed by atoms with Crippen LogP contribution in [0.15, 0.2) is 91.5 Å². The monoisotopic (exact) mass is 455 g/mol. The Hall–Kier alpha value is -5.36. The van der Waals surface area contributed by atoms with Crippen LogP contribution < -0.4 is 10.6 Å². The van der Waals surface area contributed by atoms with Crippen molar-refractivity contribution in [1.82, 2.24) is 29.8 Å². The Morgan fingerprint density at radius 1 is 0.800 bits per heavy atom. The van der Waals surface area contributed by atoms with Crippen molar-refractivity contribution in [3.8, 4) is 17.5 Å². The predicted molar refractivity (Wildman–Crippen MR) is 133 cm³/mol. The van der Waals surface area contributed by atoms with Crippen molar-refractivity contribution in [2.75, 3.05) is 10.6 Å². The second kappa shape index (κ2) is 8.53. The summed E-state index contributed by atoms with van der Waals surface area (Å²) in [5, 5.41) is 25.7. The molecule has 0 amide bonds. The lowest BCUT2D eigenvalue weighted by Crippen LogP contribution is -1.97. The van der Waals surface area contributed by atoms with Crippen LogP contribution in [0, 0.1) is 11.3 Å². The number of nitriles is 1. The van der Waals surface area contributed by atoms with Crippen molar-refractivity contribution >= 4 is 39.3 Å². The predicted octanol–water partition coefficient (Wildman–Crippen LogP) is 5.09. The molecular weight excluding hydrogens is 438 g/mol. The average Bonchev–Trinajstić information content (AvgIpc) is 3.33. The maximum atomic E-state index is 9.24. The Balaban J connectivity index is 1.25. The highest BCUT2D eigenvalue weighted by atomic mass is 15.4. The van der Waals surface area contributed by atoms with Crippen LogP contribution in [0.25, 0.3) is 27.9 Å². The highest BCUT2D eigenvalue weighted by Crippen LogP contribution is 2.27. The van der Waals surface area contributed by atoms with Crippen molar-refractivity contribution in [2.45, 2.75) is 0 Å². The Labute approximate surface area is 199 Å². The Bertz CT molecular complexity index is 1700. The van der Waals surface area contributed by atoms with Crippen LogP contribution in [-0.2, 0) is 0 Å². The molecule has 35 heavy (non-hydrogen) atoms. The SMILES string of the molecule is N#Cc1ccc2nccc(Nc3ccc(-c4nc5cc(Nc6ccncc6)cnn5n4)cc3)c2c1. The molecule has 0 spiro atoms. The van der Waals surface area contributed by atoms with Gasteiger partial charge in [0.1, 0.15) is 0 Å². The summed E-state index contributed by atoms with van der Waals surface area (Å²) in [6.45, 7) is 0. The number of aromatic nitrogens is 6. The number of rotatable bonds is 5. The van der Waals surface area contributed by atoms with Gasteiger partial charge >= 0.3 is 0 Å². The van der Waals surface area contributed by atoms with Gasteiger partial charge in [0.25, 0.3) is 0 Å². The minimum atomic E-state index is 0.582. The van der Waals surface area contributed by atoms with Gasteiger partial charge in [0.15, 0.2) is 11.5 Å². The number of benzene rings is 2. The highest BCUT2D eigenvalue weighted by molar-refractivity contribution is 5.93. The maximum absolute atomic E-state index is 9.24. The van der Waals surface area contributed by atoms with Gasteiger partial charge in [0.2, 0.25) is 0 Å². The fraction of sp³-hybridized carbons (Fsp3) is 0. The molecule has 0 aliphatic rings. The Kier molecular flexibility index (Phi) is 4.94. The van der Waals surface area contributed by atoms with Crippen LogP contribution >= 0.6 is 0 Å². The molecule has 9 heteroatoms. The van der Waals surface area contributed by atoms with Gasteiger partial charge in [0.05, 0.1) is 29.0 Å². The van der Waals surface area contributed by atoms with Crippen LogP contribution in [0.1, 0.15) is 5.56 Å². The second-order valence-corrected chi connectivity index (χ2v) is 7.79. The molecule has 166 valence electrons. The molecule has 0 aliphatic carbocycles. The molecule has 6 rings (SSSR count). The van der Waals surface area contributed by atoms with Crippen LogP contribution in [0.3, 0.4) is 0 Å². The van der Waals surface area contributed by atoms with Gasteiger partial charge in [0, 0.05) is 52.7 Å². The fourth-order valence-corrected chi connectivity index (χ4v) is 3.76. The first-order valence-electron chi connectivity index (χ1n) is 10.8. The van der Waals surface area contributed by atoms with E-state index in [1.54, 1.807) is 30.9 Å². The summed E-state index contributed by atoms with van der Waals surface area (Å²) in [7, 11) is 0. The fourth-order valence-electron chi connectivity index (χ4n) is 3.76. The first-order valence-corrected chi connectivity index (χ1v) is 10.8. The van der Waals surface area contributed by atoms with Crippen molar-refractivity contribution in [1.29, 1.82) is 5.26 Å². The molecule has 0 atom stereocenters. The van der Waals surface area contributed by atoms with Crippen LogP contribution in [0.2, 0.25) is 0 Å². The summed E-state index contributed by atoms with van der Waals surface area (Å²) >= 11 is 0. The number of nitrogens with one attached hydrogen (secondary N) is 2. The minimum absolute atomic E-state index is 0.582. The summed E-state index contributed by atoms with van der Waals surface area (Å²) in [6.07, 6.45) is 6.90. The third-order valence-electron chi connectivity index (χ3n) is 5.47. The zero-order valence-electron chi connectivity index (χ0n) is 18.3. The van der Waals surface area contributed by atoms with Crippen LogP contribution in [0.5, 0.6) is 0 Å². The van der Waals surface area contributed by atoms with Crippen molar-refractivity contribution < 1.29 is 0 Å². The lowest BCUT2D eigenvalue weighted by molar-refractivity contribution is 0.804. The van der Waals surface area contributed by atoms with E-state index >= 15 is 0 Å². The molecule has 0 unspecified atom stereocenters. The summed E-state index contributed by atoms with van der Waals surface area (Å²) < 4.78 is 1.51. The molecule has 0 saturated carbocycles. The van der Waals surface area contributed by atoms with Crippen molar-refractivity contribution in [3.63, 3.8) is 0 Å². The smallest absolute Gasteiger partial charge is 0.183 e. The largest absolute Gasteiger partial charge is 0.355 e. The topological polar surface area (TPSA) is 117 Å². The number of pyridine rings is 2. The van der Waals surface area contributed by atoms with Crippen LogP contribution in [-0.4, -0.2) is 29.8 Å². The number of fused-ring (bicyclic) bond motifs is 2. The van der Waals surface area contributed by atoms with E-state index in [1.165, 1.54) is 4.63 Å². The van der Waals surface area contributed by atoms with E-state index in [4.69, 9.17) is 0 Å². The van der Waals surface area contributed by atoms with Gasteiger partial charge in [-0.1, -0.05) is 0 Å². The molecule has 0 saturated heterocycles. The highest BCUT2D eigenvalue weighted by Gasteiger charge is 2.09. The summed E-state index contributed by atoms with van der Waals surface area (Å²) in [6, 6.07) is 23.0. The average molecular weight is 455 g/mol. The van der Waals surface area contributed by atoms with E-state index in [1.807, 2.05) is 60.7 Å². The number of hydrogen-bond acceptors (Lipinski definition) is 8. The van der Waals surface area contributed by atoms with Gasteiger partial charge in [-0.15, -0.1) is 9.73 Å². The number of anilines is 4. The van der Waals surface area contributed by atoms with Gasteiger partial charge in [-0.3, -0.25) is 9.97 Å². The van der Waals surface area contributed by atoms with Gasteiger partial charge in [-0.2, -0.15) is 10.4 Å². The third-order valence-corrected chi connectivity index (χ3v) is 5.47. The summed E-state index contributed by atoms with van der Waals surface area (Å²) in [5.74, 6) is 0.582.